The maximum atomic E-state index is 10.6. The van der Waals surface area contributed by atoms with Crippen LogP contribution in [0.4, 0.5) is 0 Å². The van der Waals surface area contributed by atoms with E-state index in [-0.39, 0.29) is 6.04 Å². The molecule has 0 radical (unpaired) electrons. The normalized spacial score (nSPS) is 14.4. The smallest absolute Gasteiger partial charge is 0.320 e. The number of nitrogens with one attached hydrogen (secondary N) is 1. The van der Waals surface area contributed by atoms with Crippen LogP contribution >= 0.6 is 0 Å². The van der Waals surface area contributed by atoms with Crippen molar-refractivity contribution in [3.63, 3.8) is 0 Å². The van der Waals surface area contributed by atoms with Gasteiger partial charge in [-0.1, -0.05) is 30.3 Å². The van der Waals surface area contributed by atoms with E-state index in [2.05, 4.69) is 17.4 Å². The zero-order valence-corrected chi connectivity index (χ0v) is 9.81. The number of carboxylic acids is 1. The molecule has 0 bridgehead atoms. The quantitative estimate of drug-likeness (QED) is 0.773. The average Bonchev–Trinajstić information content (AvgIpc) is 2.27. The van der Waals surface area contributed by atoms with Gasteiger partial charge in [-0.3, -0.25) is 4.79 Å². The molecule has 3 nitrogen and oxygen atoms in total. The lowest BCUT2D eigenvalue weighted by molar-refractivity contribution is -0.139. The van der Waals surface area contributed by atoms with Gasteiger partial charge < -0.3 is 10.4 Å². The minimum atomic E-state index is -0.799. The van der Waals surface area contributed by atoms with Crippen molar-refractivity contribution in [2.75, 3.05) is 0 Å². The van der Waals surface area contributed by atoms with E-state index in [9.17, 15) is 4.79 Å². The van der Waals surface area contributed by atoms with Crippen LogP contribution < -0.4 is 5.32 Å². The van der Waals surface area contributed by atoms with Crippen molar-refractivity contribution in [1.29, 1.82) is 0 Å². The highest BCUT2D eigenvalue weighted by Gasteiger charge is 2.13. The number of carbonyl (C=O) groups is 1. The number of hydrogen-bond donors (Lipinski definition) is 2. The fourth-order valence-corrected chi connectivity index (χ4v) is 1.61. The standard InChI is InChI=1S/C13H19NO2/c1-10(14-11(2)13(15)16)8-9-12-6-4-3-5-7-12/h3-7,10-11,14H,8-9H2,1-2H3,(H,15,16)/t10-,11+/m0/s1. The van der Waals surface area contributed by atoms with Gasteiger partial charge in [0.05, 0.1) is 0 Å². The van der Waals surface area contributed by atoms with Gasteiger partial charge in [0, 0.05) is 6.04 Å². The minimum Gasteiger partial charge on any atom is -0.480 e. The summed E-state index contributed by atoms with van der Waals surface area (Å²) in [5, 5.41) is 11.8. The molecule has 1 rings (SSSR count). The Morgan fingerprint density at radius 1 is 1.31 bits per heavy atom. The number of benzene rings is 1. The molecule has 0 aliphatic rings. The molecular weight excluding hydrogens is 202 g/mol. The Morgan fingerprint density at radius 3 is 2.50 bits per heavy atom. The van der Waals surface area contributed by atoms with E-state index < -0.39 is 12.0 Å². The Kier molecular flexibility index (Phi) is 4.99. The second kappa shape index (κ2) is 6.28. The van der Waals surface area contributed by atoms with Gasteiger partial charge in [-0.15, -0.1) is 0 Å². The highest BCUT2D eigenvalue weighted by atomic mass is 16.4. The first-order chi connectivity index (χ1) is 7.59. The van der Waals surface area contributed by atoms with E-state index in [1.807, 2.05) is 25.1 Å². The van der Waals surface area contributed by atoms with E-state index in [1.54, 1.807) is 6.92 Å². The molecule has 0 saturated carbocycles. The third kappa shape index (κ3) is 4.45. The molecule has 0 amide bonds. The Hall–Kier alpha value is -1.35. The Balaban J connectivity index is 2.30. The van der Waals surface area contributed by atoms with Gasteiger partial charge >= 0.3 is 5.97 Å². The lowest BCUT2D eigenvalue weighted by Gasteiger charge is -2.16. The molecular formula is C13H19NO2. The van der Waals surface area contributed by atoms with E-state index in [0.717, 1.165) is 12.8 Å². The van der Waals surface area contributed by atoms with Crippen LogP contribution in [0.5, 0.6) is 0 Å². The van der Waals surface area contributed by atoms with Crippen LogP contribution in [-0.4, -0.2) is 23.2 Å². The molecule has 0 unspecified atom stereocenters. The van der Waals surface area contributed by atoms with Crippen LogP contribution in [0, 0.1) is 0 Å². The lowest BCUT2D eigenvalue weighted by atomic mass is 10.1. The van der Waals surface area contributed by atoms with E-state index in [1.165, 1.54) is 5.56 Å². The third-order valence-corrected chi connectivity index (χ3v) is 2.61. The van der Waals surface area contributed by atoms with E-state index >= 15 is 0 Å². The second-order valence-corrected chi connectivity index (χ2v) is 4.15. The van der Waals surface area contributed by atoms with Crippen LogP contribution in [0.15, 0.2) is 30.3 Å². The van der Waals surface area contributed by atoms with Crippen molar-refractivity contribution in [3.05, 3.63) is 35.9 Å². The van der Waals surface area contributed by atoms with Crippen molar-refractivity contribution in [1.82, 2.24) is 5.32 Å². The molecule has 0 aromatic heterocycles. The van der Waals surface area contributed by atoms with Crippen molar-refractivity contribution in [2.24, 2.45) is 0 Å². The van der Waals surface area contributed by atoms with Crippen molar-refractivity contribution < 1.29 is 9.90 Å². The number of aryl methyl sites for hydroxylation is 1. The van der Waals surface area contributed by atoms with Crippen LogP contribution in [0.3, 0.4) is 0 Å². The molecule has 3 heteroatoms. The summed E-state index contributed by atoms with van der Waals surface area (Å²) in [6.45, 7) is 3.68. The highest BCUT2D eigenvalue weighted by Crippen LogP contribution is 2.05. The zero-order chi connectivity index (χ0) is 12.0. The van der Waals surface area contributed by atoms with Gasteiger partial charge in [-0.25, -0.2) is 0 Å². The summed E-state index contributed by atoms with van der Waals surface area (Å²) >= 11 is 0. The Morgan fingerprint density at radius 2 is 1.94 bits per heavy atom. The van der Waals surface area contributed by atoms with Gasteiger partial charge in [0.1, 0.15) is 6.04 Å². The lowest BCUT2D eigenvalue weighted by Crippen LogP contribution is -2.39. The number of rotatable bonds is 6. The van der Waals surface area contributed by atoms with Gasteiger partial charge in [-0.05, 0) is 32.3 Å². The van der Waals surface area contributed by atoms with Gasteiger partial charge in [0.15, 0.2) is 0 Å². The molecule has 0 heterocycles. The Bertz CT molecular complexity index is 324. The average molecular weight is 221 g/mol. The molecule has 88 valence electrons. The fourth-order valence-electron chi connectivity index (χ4n) is 1.61. The van der Waals surface area contributed by atoms with Crippen LogP contribution in [-0.2, 0) is 11.2 Å². The number of aliphatic carboxylic acids is 1. The largest absolute Gasteiger partial charge is 0.480 e. The summed E-state index contributed by atoms with van der Waals surface area (Å²) in [5.74, 6) is -0.799. The summed E-state index contributed by atoms with van der Waals surface area (Å²) in [6, 6.07) is 9.95. The predicted molar refractivity (Wildman–Crippen MR) is 64.5 cm³/mol. The summed E-state index contributed by atoms with van der Waals surface area (Å²) in [5.41, 5.74) is 1.29. The molecule has 2 N–H and O–H groups in total. The first-order valence-corrected chi connectivity index (χ1v) is 5.62. The summed E-state index contributed by atoms with van der Waals surface area (Å²) < 4.78 is 0. The van der Waals surface area contributed by atoms with Gasteiger partial charge in [0.25, 0.3) is 0 Å². The Labute approximate surface area is 96.5 Å². The minimum absolute atomic E-state index is 0.214. The molecule has 0 fully saturated rings. The maximum absolute atomic E-state index is 10.6. The fraction of sp³-hybridized carbons (Fsp3) is 0.462. The van der Waals surface area contributed by atoms with Crippen molar-refractivity contribution in [2.45, 2.75) is 38.8 Å². The van der Waals surface area contributed by atoms with E-state index in [0.29, 0.717) is 0 Å². The maximum Gasteiger partial charge on any atom is 0.320 e. The molecule has 16 heavy (non-hydrogen) atoms. The highest BCUT2D eigenvalue weighted by molar-refractivity contribution is 5.72. The summed E-state index contributed by atoms with van der Waals surface area (Å²) in [7, 11) is 0. The first kappa shape index (κ1) is 12.7. The summed E-state index contributed by atoms with van der Waals surface area (Å²) in [6.07, 6.45) is 1.92. The summed E-state index contributed by atoms with van der Waals surface area (Å²) in [4.78, 5) is 10.6. The topological polar surface area (TPSA) is 49.3 Å². The molecule has 1 aromatic rings. The second-order valence-electron chi connectivity index (χ2n) is 4.15. The van der Waals surface area contributed by atoms with Crippen molar-refractivity contribution >= 4 is 5.97 Å². The van der Waals surface area contributed by atoms with Crippen LogP contribution in [0.2, 0.25) is 0 Å². The zero-order valence-electron chi connectivity index (χ0n) is 9.81. The number of hydrogen-bond acceptors (Lipinski definition) is 2. The van der Waals surface area contributed by atoms with Crippen LogP contribution in [0.25, 0.3) is 0 Å². The van der Waals surface area contributed by atoms with Gasteiger partial charge in [0.2, 0.25) is 0 Å². The van der Waals surface area contributed by atoms with Crippen molar-refractivity contribution in [3.8, 4) is 0 Å². The van der Waals surface area contributed by atoms with Gasteiger partial charge in [-0.2, -0.15) is 0 Å². The molecule has 0 aliphatic carbocycles. The molecule has 0 saturated heterocycles. The third-order valence-electron chi connectivity index (χ3n) is 2.61. The molecule has 2 atom stereocenters. The monoisotopic (exact) mass is 221 g/mol. The molecule has 0 spiro atoms. The molecule has 1 aromatic carbocycles. The number of carboxylic acid groups (broad SMARTS) is 1. The van der Waals surface area contributed by atoms with E-state index in [4.69, 9.17) is 5.11 Å². The van der Waals surface area contributed by atoms with Crippen LogP contribution in [0.1, 0.15) is 25.8 Å². The SMILES string of the molecule is C[C@@H](CCc1ccccc1)N[C@H](C)C(=O)O. The molecule has 0 aliphatic heterocycles. The first-order valence-electron chi connectivity index (χ1n) is 5.62. The predicted octanol–water partition coefficient (Wildman–Crippen LogP) is 2.07.